The van der Waals surface area contributed by atoms with E-state index in [9.17, 15) is 5.11 Å². The first kappa shape index (κ1) is 10.2. The Bertz CT molecular complexity index is 671. The number of hydrogen-bond acceptors (Lipinski definition) is 2. The van der Waals surface area contributed by atoms with Gasteiger partial charge in [0.05, 0.1) is 30.4 Å². The lowest BCUT2D eigenvalue weighted by atomic mass is 9.63. The van der Waals surface area contributed by atoms with E-state index in [1.54, 1.807) is 0 Å². The van der Waals surface area contributed by atoms with E-state index >= 15 is 0 Å². The number of aliphatic hydroxyl groups is 1. The maximum atomic E-state index is 10.3. The summed E-state index contributed by atoms with van der Waals surface area (Å²) < 4.78 is 2.28. The standard InChI is InChI=1S/C16H16N2O/c19-13-7-16(5-6-16)14(13)15-11-4-2-1-3-10(11)12-8-17-9-18(12)15/h1-4,8-9,13-15,19H,5-7H2/t13-,14-,15?/m0/s1. The van der Waals surface area contributed by atoms with E-state index in [0.717, 1.165) is 6.42 Å². The number of fused-ring (bicyclic) bond motifs is 3. The van der Waals surface area contributed by atoms with Crippen molar-refractivity contribution in [1.82, 2.24) is 9.55 Å². The van der Waals surface area contributed by atoms with Crippen LogP contribution in [-0.2, 0) is 0 Å². The van der Waals surface area contributed by atoms with Gasteiger partial charge in [-0.15, -0.1) is 0 Å². The van der Waals surface area contributed by atoms with Crippen LogP contribution < -0.4 is 0 Å². The highest BCUT2D eigenvalue weighted by Gasteiger charge is 2.64. The molecule has 2 aliphatic carbocycles. The quantitative estimate of drug-likeness (QED) is 0.847. The Labute approximate surface area is 111 Å². The Balaban J connectivity index is 1.71. The van der Waals surface area contributed by atoms with Crippen molar-refractivity contribution in [1.29, 1.82) is 0 Å². The first-order chi connectivity index (χ1) is 9.30. The van der Waals surface area contributed by atoms with Gasteiger partial charge in [-0.2, -0.15) is 0 Å². The van der Waals surface area contributed by atoms with E-state index in [0.29, 0.717) is 17.4 Å². The minimum absolute atomic E-state index is 0.145. The summed E-state index contributed by atoms with van der Waals surface area (Å²) in [6.45, 7) is 0. The molecule has 0 bridgehead atoms. The molecule has 2 fully saturated rings. The van der Waals surface area contributed by atoms with Gasteiger partial charge < -0.3 is 9.67 Å². The third-order valence-electron chi connectivity index (χ3n) is 5.49. The number of aromatic nitrogens is 2. The molecular formula is C16H16N2O. The molecule has 5 rings (SSSR count). The van der Waals surface area contributed by atoms with Crippen molar-refractivity contribution in [3.8, 4) is 11.3 Å². The molecule has 1 aromatic carbocycles. The minimum Gasteiger partial charge on any atom is -0.393 e. The lowest BCUT2D eigenvalue weighted by Gasteiger charge is -2.46. The molecule has 1 unspecified atom stereocenters. The van der Waals surface area contributed by atoms with E-state index in [4.69, 9.17) is 0 Å². The third kappa shape index (κ3) is 1.11. The Morgan fingerprint density at radius 3 is 2.89 bits per heavy atom. The van der Waals surface area contributed by atoms with Gasteiger partial charge in [0.2, 0.25) is 0 Å². The first-order valence-corrected chi connectivity index (χ1v) is 7.09. The van der Waals surface area contributed by atoms with Gasteiger partial charge in [0.1, 0.15) is 0 Å². The molecule has 3 aliphatic rings. The summed E-state index contributed by atoms with van der Waals surface area (Å²) in [5.41, 5.74) is 4.30. The maximum absolute atomic E-state index is 10.3. The van der Waals surface area contributed by atoms with Crippen molar-refractivity contribution in [3.63, 3.8) is 0 Å². The molecule has 3 atom stereocenters. The lowest BCUT2D eigenvalue weighted by Crippen LogP contribution is -2.47. The third-order valence-corrected chi connectivity index (χ3v) is 5.49. The zero-order valence-corrected chi connectivity index (χ0v) is 10.7. The van der Waals surface area contributed by atoms with Crippen LogP contribution in [0.4, 0.5) is 0 Å². The Morgan fingerprint density at radius 1 is 1.26 bits per heavy atom. The number of rotatable bonds is 1. The second-order valence-corrected chi connectivity index (χ2v) is 6.38. The van der Waals surface area contributed by atoms with Crippen LogP contribution in [0, 0.1) is 11.3 Å². The van der Waals surface area contributed by atoms with Crippen LogP contribution in [-0.4, -0.2) is 20.8 Å². The van der Waals surface area contributed by atoms with Crippen LogP contribution in [0.25, 0.3) is 11.3 Å². The second kappa shape index (κ2) is 3.10. The van der Waals surface area contributed by atoms with Crippen molar-refractivity contribution in [2.75, 3.05) is 0 Å². The fourth-order valence-corrected chi connectivity index (χ4v) is 4.41. The summed E-state index contributed by atoms with van der Waals surface area (Å²) in [7, 11) is 0. The summed E-state index contributed by atoms with van der Waals surface area (Å²) >= 11 is 0. The van der Waals surface area contributed by atoms with Crippen LogP contribution >= 0.6 is 0 Å². The zero-order valence-electron chi connectivity index (χ0n) is 10.7. The monoisotopic (exact) mass is 252 g/mol. The fourth-order valence-electron chi connectivity index (χ4n) is 4.41. The SMILES string of the molecule is O[C@H]1CC2(CC2)[C@@H]1C1c2ccccc2-c2cncn21. The molecule has 96 valence electrons. The van der Waals surface area contributed by atoms with Gasteiger partial charge in [-0.3, -0.25) is 0 Å². The van der Waals surface area contributed by atoms with Gasteiger partial charge in [-0.1, -0.05) is 24.3 Å². The normalized spacial score (nSPS) is 32.8. The van der Waals surface area contributed by atoms with Crippen molar-refractivity contribution in [2.24, 2.45) is 11.3 Å². The molecule has 1 aromatic heterocycles. The minimum atomic E-state index is -0.145. The van der Waals surface area contributed by atoms with Gasteiger partial charge in [0.25, 0.3) is 0 Å². The number of aliphatic hydroxyl groups excluding tert-OH is 1. The van der Waals surface area contributed by atoms with E-state index in [1.807, 2.05) is 12.5 Å². The van der Waals surface area contributed by atoms with Crippen LogP contribution in [0.15, 0.2) is 36.8 Å². The summed E-state index contributed by atoms with van der Waals surface area (Å²) in [4.78, 5) is 4.31. The molecule has 1 aliphatic heterocycles. The molecule has 1 spiro atoms. The topological polar surface area (TPSA) is 38.1 Å². The van der Waals surface area contributed by atoms with Gasteiger partial charge in [-0.25, -0.2) is 4.98 Å². The summed E-state index contributed by atoms with van der Waals surface area (Å²) in [5.74, 6) is 0.379. The Hall–Kier alpha value is -1.61. The molecule has 3 nitrogen and oxygen atoms in total. The summed E-state index contributed by atoms with van der Waals surface area (Å²) in [6, 6.07) is 8.88. The number of benzene rings is 1. The van der Waals surface area contributed by atoms with Crippen LogP contribution in [0.5, 0.6) is 0 Å². The fraction of sp³-hybridized carbons (Fsp3) is 0.438. The molecule has 3 heteroatoms. The van der Waals surface area contributed by atoms with Crippen molar-refractivity contribution in [2.45, 2.75) is 31.4 Å². The average Bonchev–Trinajstić information content (AvgIpc) is 2.97. The van der Waals surface area contributed by atoms with Crippen LogP contribution in [0.2, 0.25) is 0 Å². The number of nitrogens with zero attached hydrogens (tertiary/aromatic N) is 2. The molecule has 2 heterocycles. The van der Waals surface area contributed by atoms with Gasteiger partial charge in [-0.05, 0) is 30.2 Å². The second-order valence-electron chi connectivity index (χ2n) is 6.38. The average molecular weight is 252 g/mol. The lowest BCUT2D eigenvalue weighted by molar-refractivity contribution is -0.0677. The number of hydrogen-bond donors (Lipinski definition) is 1. The van der Waals surface area contributed by atoms with E-state index in [2.05, 4.69) is 33.8 Å². The van der Waals surface area contributed by atoms with Crippen molar-refractivity contribution in [3.05, 3.63) is 42.4 Å². The molecule has 19 heavy (non-hydrogen) atoms. The highest BCUT2D eigenvalue weighted by molar-refractivity contribution is 5.69. The first-order valence-electron chi connectivity index (χ1n) is 7.09. The van der Waals surface area contributed by atoms with Crippen molar-refractivity contribution >= 4 is 0 Å². The Morgan fingerprint density at radius 2 is 2.11 bits per heavy atom. The molecule has 0 radical (unpaired) electrons. The zero-order chi connectivity index (χ0) is 12.6. The highest BCUT2D eigenvalue weighted by atomic mass is 16.3. The predicted molar refractivity (Wildman–Crippen MR) is 71.6 cm³/mol. The van der Waals surface area contributed by atoms with Gasteiger partial charge in [0.15, 0.2) is 0 Å². The summed E-state index contributed by atoms with van der Waals surface area (Å²) in [5, 5.41) is 10.3. The van der Waals surface area contributed by atoms with E-state index in [1.165, 1.54) is 29.7 Å². The van der Waals surface area contributed by atoms with Gasteiger partial charge >= 0.3 is 0 Å². The number of imidazole rings is 1. The van der Waals surface area contributed by atoms with Crippen LogP contribution in [0.3, 0.4) is 0 Å². The molecule has 0 amide bonds. The Kier molecular flexibility index (Phi) is 1.67. The molecule has 1 N–H and O–H groups in total. The largest absolute Gasteiger partial charge is 0.393 e. The molecule has 2 saturated carbocycles. The van der Waals surface area contributed by atoms with Gasteiger partial charge in [0, 0.05) is 11.5 Å². The molecule has 2 aromatic rings. The highest BCUT2D eigenvalue weighted by Crippen LogP contribution is 2.69. The van der Waals surface area contributed by atoms with E-state index < -0.39 is 0 Å². The van der Waals surface area contributed by atoms with E-state index in [-0.39, 0.29) is 6.10 Å². The predicted octanol–water partition coefficient (Wildman–Crippen LogP) is 2.61. The molecular weight excluding hydrogens is 236 g/mol. The molecule has 0 saturated heterocycles. The smallest absolute Gasteiger partial charge is 0.0956 e. The van der Waals surface area contributed by atoms with Crippen molar-refractivity contribution < 1.29 is 5.11 Å². The van der Waals surface area contributed by atoms with Crippen LogP contribution in [0.1, 0.15) is 30.9 Å². The summed E-state index contributed by atoms with van der Waals surface area (Å²) in [6.07, 6.45) is 7.31. The maximum Gasteiger partial charge on any atom is 0.0956 e.